The zero-order valence-corrected chi connectivity index (χ0v) is 17.7. The van der Waals surface area contributed by atoms with E-state index in [2.05, 4.69) is 25.0 Å². The van der Waals surface area contributed by atoms with Gasteiger partial charge in [0, 0.05) is 17.0 Å². The topological polar surface area (TPSA) is 82.3 Å². The molecule has 3 aromatic rings. The number of tetrazole rings is 1. The standard InChI is InChI=1S/C22H16F6N4O3/c23-13-2-3-14(15(24)6-13)20(33,10-32-11-29-30-31-32)21(25,26)19-7-18(8-19,9-19)12-1-4-16-17(5-12)35-22(27,28)34-16/h1-6,11,33H,7-10H2/t18?,19?,20-/m0/s1. The molecule has 2 aromatic carbocycles. The van der Waals surface area contributed by atoms with Crippen molar-refractivity contribution in [2.24, 2.45) is 5.41 Å². The molecule has 1 aromatic heterocycles. The van der Waals surface area contributed by atoms with Crippen LogP contribution >= 0.6 is 0 Å². The Morgan fingerprint density at radius 2 is 1.71 bits per heavy atom. The van der Waals surface area contributed by atoms with Crippen LogP contribution in [-0.4, -0.2) is 37.5 Å². The molecule has 1 aliphatic heterocycles. The minimum absolute atomic E-state index is 0.0935. The van der Waals surface area contributed by atoms with E-state index in [-0.39, 0.29) is 30.8 Å². The van der Waals surface area contributed by atoms with Gasteiger partial charge in [-0.25, -0.2) is 22.2 Å². The Morgan fingerprint density at radius 1 is 1.00 bits per heavy atom. The average molecular weight is 498 g/mol. The number of alkyl halides is 4. The largest absolute Gasteiger partial charge is 0.586 e. The lowest BCUT2D eigenvalue weighted by Gasteiger charge is -2.74. The highest BCUT2D eigenvalue weighted by molar-refractivity contribution is 5.51. The molecule has 1 N–H and O–H groups in total. The Morgan fingerprint density at radius 3 is 2.37 bits per heavy atom. The van der Waals surface area contributed by atoms with E-state index >= 15 is 8.78 Å². The third kappa shape index (κ3) is 2.93. The van der Waals surface area contributed by atoms with Crippen molar-refractivity contribution in [2.45, 2.75) is 49.0 Å². The minimum atomic E-state index is -3.89. The number of nitrogens with zero attached hydrogens (tertiary/aromatic N) is 4. The van der Waals surface area contributed by atoms with Crippen LogP contribution in [0.4, 0.5) is 26.3 Å². The first-order valence-electron chi connectivity index (χ1n) is 10.6. The molecule has 7 rings (SSSR count). The van der Waals surface area contributed by atoms with E-state index in [0.29, 0.717) is 11.6 Å². The molecule has 0 spiro atoms. The van der Waals surface area contributed by atoms with Crippen molar-refractivity contribution in [1.82, 2.24) is 20.2 Å². The Balaban J connectivity index is 1.33. The summed E-state index contributed by atoms with van der Waals surface area (Å²) < 4.78 is 96.9. The fourth-order valence-electron chi connectivity index (χ4n) is 5.81. The van der Waals surface area contributed by atoms with Crippen molar-refractivity contribution in [3.8, 4) is 11.5 Å². The van der Waals surface area contributed by atoms with Crippen LogP contribution in [0.2, 0.25) is 0 Å². The lowest BCUT2D eigenvalue weighted by Crippen LogP contribution is -2.76. The summed E-state index contributed by atoms with van der Waals surface area (Å²) >= 11 is 0. The van der Waals surface area contributed by atoms with Gasteiger partial charge in [-0.05, 0) is 64.9 Å². The van der Waals surface area contributed by atoms with E-state index in [4.69, 9.17) is 0 Å². The number of hydrogen-bond acceptors (Lipinski definition) is 6. The Kier molecular flexibility index (Phi) is 4.21. The monoisotopic (exact) mass is 498 g/mol. The number of benzene rings is 2. The maximum absolute atomic E-state index is 16.2. The van der Waals surface area contributed by atoms with Gasteiger partial charge >= 0.3 is 6.29 Å². The molecular weight excluding hydrogens is 482 g/mol. The fourth-order valence-corrected chi connectivity index (χ4v) is 5.81. The molecule has 184 valence electrons. The summed E-state index contributed by atoms with van der Waals surface area (Å²) in [6, 6.07) is 6.12. The summed E-state index contributed by atoms with van der Waals surface area (Å²) in [5, 5.41) is 21.6. The predicted octanol–water partition coefficient (Wildman–Crippen LogP) is 3.92. The van der Waals surface area contributed by atoms with Gasteiger partial charge in [0.15, 0.2) is 17.1 Å². The molecule has 3 fully saturated rings. The van der Waals surface area contributed by atoms with Gasteiger partial charge in [-0.2, -0.15) is 0 Å². The van der Waals surface area contributed by atoms with Gasteiger partial charge in [-0.15, -0.1) is 13.9 Å². The molecule has 13 heteroatoms. The number of fused-ring (bicyclic) bond motifs is 1. The zero-order chi connectivity index (χ0) is 24.9. The SMILES string of the molecule is O[C@@](Cn1cnnn1)(c1ccc(F)cc1F)C(F)(F)C12CC(c3ccc4c(c3)OC(F)(F)O4)(C1)C2. The van der Waals surface area contributed by atoms with E-state index < -0.39 is 52.4 Å². The summed E-state index contributed by atoms with van der Waals surface area (Å²) in [6.07, 6.45) is -3.09. The van der Waals surface area contributed by atoms with Gasteiger partial charge in [0.2, 0.25) is 0 Å². The van der Waals surface area contributed by atoms with Gasteiger partial charge in [0.1, 0.15) is 18.0 Å². The van der Waals surface area contributed by atoms with Crippen LogP contribution in [0, 0.1) is 17.0 Å². The van der Waals surface area contributed by atoms with Crippen LogP contribution in [-0.2, 0) is 17.6 Å². The quantitative estimate of drug-likeness (QED) is 0.519. The van der Waals surface area contributed by atoms with Crippen LogP contribution in [0.3, 0.4) is 0 Å². The van der Waals surface area contributed by atoms with Crippen LogP contribution in [0.15, 0.2) is 42.7 Å². The van der Waals surface area contributed by atoms with E-state index in [1.807, 2.05) is 0 Å². The summed E-state index contributed by atoms with van der Waals surface area (Å²) in [6.45, 7) is -0.886. The molecule has 1 atom stereocenters. The number of rotatable bonds is 6. The van der Waals surface area contributed by atoms with Gasteiger partial charge in [-0.3, -0.25) is 0 Å². The number of hydrogen-bond donors (Lipinski definition) is 1. The predicted molar refractivity (Wildman–Crippen MR) is 104 cm³/mol. The number of halogens is 6. The number of ether oxygens (including phenoxy) is 2. The van der Waals surface area contributed by atoms with Crippen molar-refractivity contribution in [3.05, 3.63) is 65.5 Å². The molecule has 35 heavy (non-hydrogen) atoms. The summed E-state index contributed by atoms with van der Waals surface area (Å²) in [5.74, 6) is -6.57. The summed E-state index contributed by atoms with van der Waals surface area (Å²) in [5.41, 5.74) is -5.83. The van der Waals surface area contributed by atoms with Crippen molar-refractivity contribution < 1.29 is 40.9 Å². The molecule has 3 aliphatic carbocycles. The molecule has 0 amide bonds. The lowest BCUT2D eigenvalue weighted by molar-refractivity contribution is -0.347. The summed E-state index contributed by atoms with van der Waals surface area (Å²) in [4.78, 5) is 0. The van der Waals surface area contributed by atoms with Crippen molar-refractivity contribution in [3.63, 3.8) is 0 Å². The van der Waals surface area contributed by atoms with E-state index in [9.17, 15) is 22.7 Å². The molecule has 0 radical (unpaired) electrons. The molecule has 0 saturated heterocycles. The second kappa shape index (κ2) is 6.65. The average Bonchev–Trinajstić information content (AvgIpc) is 3.30. The summed E-state index contributed by atoms with van der Waals surface area (Å²) in [7, 11) is 0. The van der Waals surface area contributed by atoms with Crippen LogP contribution in [0.25, 0.3) is 0 Å². The second-order valence-electron chi connectivity index (χ2n) is 9.49. The Labute approximate surface area is 193 Å². The highest BCUT2D eigenvalue weighted by Gasteiger charge is 2.82. The first-order chi connectivity index (χ1) is 16.4. The van der Waals surface area contributed by atoms with Crippen molar-refractivity contribution >= 4 is 0 Å². The van der Waals surface area contributed by atoms with Gasteiger partial charge < -0.3 is 14.6 Å². The van der Waals surface area contributed by atoms with Crippen molar-refractivity contribution in [2.75, 3.05) is 0 Å². The molecule has 4 aliphatic rings. The molecule has 0 unspecified atom stereocenters. The highest BCUT2D eigenvalue weighted by Crippen LogP contribution is 2.80. The normalized spacial score (nSPS) is 27.6. The first-order valence-corrected chi connectivity index (χ1v) is 10.6. The van der Waals surface area contributed by atoms with Crippen LogP contribution < -0.4 is 9.47 Å². The van der Waals surface area contributed by atoms with Gasteiger partial charge in [-0.1, -0.05) is 6.07 Å². The molecule has 7 nitrogen and oxygen atoms in total. The Hall–Kier alpha value is -3.35. The van der Waals surface area contributed by atoms with E-state index in [1.165, 1.54) is 18.2 Å². The minimum Gasteiger partial charge on any atom is -0.395 e. The molecular formula is C22H16F6N4O3. The lowest BCUT2D eigenvalue weighted by atomic mass is 9.30. The number of aliphatic hydroxyl groups is 1. The van der Waals surface area contributed by atoms with E-state index in [0.717, 1.165) is 23.1 Å². The Bertz CT molecular complexity index is 1310. The van der Waals surface area contributed by atoms with Crippen LogP contribution in [0.1, 0.15) is 30.4 Å². The highest BCUT2D eigenvalue weighted by atomic mass is 19.3. The van der Waals surface area contributed by atoms with Crippen LogP contribution in [0.5, 0.6) is 11.5 Å². The molecule has 3 saturated carbocycles. The first kappa shape index (κ1) is 22.1. The molecule has 2 heterocycles. The second-order valence-corrected chi connectivity index (χ2v) is 9.49. The maximum atomic E-state index is 16.2. The third-order valence-electron chi connectivity index (χ3n) is 7.39. The van der Waals surface area contributed by atoms with Gasteiger partial charge in [0.25, 0.3) is 5.92 Å². The smallest absolute Gasteiger partial charge is 0.395 e. The van der Waals surface area contributed by atoms with Crippen molar-refractivity contribution in [1.29, 1.82) is 0 Å². The maximum Gasteiger partial charge on any atom is 0.586 e. The van der Waals surface area contributed by atoms with E-state index in [1.54, 1.807) is 0 Å². The zero-order valence-electron chi connectivity index (χ0n) is 17.7. The van der Waals surface area contributed by atoms with Gasteiger partial charge in [0.05, 0.1) is 6.54 Å². The molecule has 2 bridgehead atoms. The number of aromatic nitrogens is 4. The third-order valence-corrected chi connectivity index (χ3v) is 7.39. The fraction of sp³-hybridized carbons (Fsp3) is 0.409.